The van der Waals surface area contributed by atoms with Crippen molar-refractivity contribution < 1.29 is 14.3 Å². The van der Waals surface area contributed by atoms with Crippen molar-refractivity contribution in [2.75, 3.05) is 12.0 Å². The van der Waals surface area contributed by atoms with Crippen LogP contribution in [0.1, 0.15) is 22.9 Å². The molecule has 0 spiro atoms. The van der Waals surface area contributed by atoms with Gasteiger partial charge in [0.25, 0.3) is 5.91 Å². The van der Waals surface area contributed by atoms with Crippen molar-refractivity contribution >= 4 is 28.5 Å². The number of nitrogens with zero attached hydrogens (tertiary/aromatic N) is 2. The number of rotatable bonds is 3. The number of aromatic amines is 1. The van der Waals surface area contributed by atoms with Gasteiger partial charge in [-0.05, 0) is 29.3 Å². The lowest BCUT2D eigenvalue weighted by Gasteiger charge is -2.36. The molecule has 32 heavy (non-hydrogen) atoms. The smallest absolute Gasteiger partial charge is 0.332 e. The molecule has 0 bridgehead atoms. The van der Waals surface area contributed by atoms with Crippen LogP contribution in [0, 0.1) is 0 Å². The summed E-state index contributed by atoms with van der Waals surface area (Å²) in [5, 5.41) is 1.10. The average Bonchev–Trinajstić information content (AvgIpc) is 3.33. The average molecular weight is 423 g/mol. The summed E-state index contributed by atoms with van der Waals surface area (Å²) in [4.78, 5) is 33.9. The normalized spacial score (nSPS) is 19.9. The summed E-state index contributed by atoms with van der Waals surface area (Å²) < 4.78 is 5.31. The fourth-order valence-corrected chi connectivity index (χ4v) is 5.04. The molecule has 1 aromatic heterocycles. The van der Waals surface area contributed by atoms with Gasteiger partial charge in [0.05, 0.1) is 12.8 Å². The molecule has 0 radical (unpaired) electrons. The number of hydrogen-bond acceptors (Lipinski definition) is 3. The Labute approximate surface area is 185 Å². The van der Waals surface area contributed by atoms with Gasteiger partial charge in [0.1, 0.15) is 17.8 Å². The lowest BCUT2D eigenvalue weighted by atomic mass is 9.89. The summed E-state index contributed by atoms with van der Waals surface area (Å²) in [6.07, 6.45) is 0.480. The van der Waals surface area contributed by atoms with E-state index in [4.69, 9.17) is 4.74 Å². The van der Waals surface area contributed by atoms with Crippen molar-refractivity contribution in [3.63, 3.8) is 0 Å². The summed E-state index contributed by atoms with van der Waals surface area (Å²) in [5.74, 6) is 0.393. The predicted octanol–water partition coefficient (Wildman–Crippen LogP) is 4.66. The molecule has 2 atom stereocenters. The minimum absolute atomic E-state index is 0.208. The van der Waals surface area contributed by atoms with E-state index >= 15 is 0 Å². The van der Waals surface area contributed by atoms with E-state index in [2.05, 4.69) is 11.1 Å². The summed E-state index contributed by atoms with van der Waals surface area (Å²) in [5.41, 5.74) is 4.59. The maximum absolute atomic E-state index is 13.7. The molecular formula is C26H21N3O3. The number of para-hydroxylation sites is 1. The summed E-state index contributed by atoms with van der Waals surface area (Å²) in [6.45, 7) is 0. The van der Waals surface area contributed by atoms with E-state index in [1.54, 1.807) is 36.3 Å². The monoisotopic (exact) mass is 423 g/mol. The Kier molecular flexibility index (Phi) is 4.08. The summed E-state index contributed by atoms with van der Waals surface area (Å²) in [6, 6.07) is 23.8. The van der Waals surface area contributed by atoms with E-state index in [0.29, 0.717) is 17.9 Å². The van der Waals surface area contributed by atoms with Crippen LogP contribution in [0.25, 0.3) is 10.9 Å². The van der Waals surface area contributed by atoms with Crippen LogP contribution >= 0.6 is 0 Å². The fourth-order valence-electron chi connectivity index (χ4n) is 5.04. The highest BCUT2D eigenvalue weighted by molar-refractivity contribution is 6.22. The molecule has 2 aliphatic heterocycles. The van der Waals surface area contributed by atoms with Crippen LogP contribution in [0.15, 0.2) is 78.9 Å². The highest BCUT2D eigenvalue weighted by atomic mass is 16.5. The second-order valence-corrected chi connectivity index (χ2v) is 8.16. The topological polar surface area (TPSA) is 65.6 Å². The van der Waals surface area contributed by atoms with Crippen LogP contribution < -0.4 is 9.64 Å². The molecule has 1 fully saturated rings. The van der Waals surface area contributed by atoms with Crippen molar-refractivity contribution in [1.82, 2.24) is 9.88 Å². The first-order valence-electron chi connectivity index (χ1n) is 10.6. The van der Waals surface area contributed by atoms with E-state index in [1.165, 1.54) is 4.90 Å². The van der Waals surface area contributed by atoms with Gasteiger partial charge in [-0.15, -0.1) is 0 Å². The Morgan fingerprint density at radius 1 is 0.938 bits per heavy atom. The highest BCUT2D eigenvalue weighted by Crippen LogP contribution is 2.44. The van der Waals surface area contributed by atoms with E-state index in [1.807, 2.05) is 48.5 Å². The third-order valence-corrected chi connectivity index (χ3v) is 6.48. The molecule has 158 valence electrons. The van der Waals surface area contributed by atoms with Gasteiger partial charge in [-0.2, -0.15) is 0 Å². The number of H-pyrrole nitrogens is 1. The predicted molar refractivity (Wildman–Crippen MR) is 122 cm³/mol. The van der Waals surface area contributed by atoms with Crippen molar-refractivity contribution in [2.45, 2.75) is 18.5 Å². The van der Waals surface area contributed by atoms with Gasteiger partial charge in [-0.3, -0.25) is 9.69 Å². The third kappa shape index (κ3) is 2.59. The fraction of sp³-hybridized carbons (Fsp3) is 0.154. The molecule has 0 saturated carbocycles. The first kappa shape index (κ1) is 18.7. The first-order valence-corrected chi connectivity index (χ1v) is 10.6. The van der Waals surface area contributed by atoms with Crippen LogP contribution in [0.3, 0.4) is 0 Å². The molecule has 1 N–H and O–H groups in total. The zero-order valence-corrected chi connectivity index (χ0v) is 17.5. The number of anilines is 1. The van der Waals surface area contributed by atoms with Gasteiger partial charge in [-0.1, -0.05) is 54.6 Å². The lowest BCUT2D eigenvalue weighted by molar-refractivity contribution is -0.120. The number of hydrogen-bond donors (Lipinski definition) is 1. The molecule has 6 heteroatoms. The van der Waals surface area contributed by atoms with Crippen LogP contribution in [0.2, 0.25) is 0 Å². The van der Waals surface area contributed by atoms with Gasteiger partial charge in [0.15, 0.2) is 0 Å². The molecular weight excluding hydrogens is 402 g/mol. The molecule has 0 aliphatic carbocycles. The number of ether oxygens (including phenoxy) is 1. The molecule has 2 aliphatic rings. The van der Waals surface area contributed by atoms with Crippen molar-refractivity contribution in [1.29, 1.82) is 0 Å². The largest absolute Gasteiger partial charge is 0.497 e. The zero-order valence-electron chi connectivity index (χ0n) is 17.5. The van der Waals surface area contributed by atoms with E-state index in [-0.39, 0.29) is 18.0 Å². The highest BCUT2D eigenvalue weighted by Gasteiger charge is 2.53. The number of carbonyl (C=O) groups excluding carboxylic acids is 2. The van der Waals surface area contributed by atoms with Crippen molar-refractivity contribution in [3.8, 4) is 5.75 Å². The van der Waals surface area contributed by atoms with Crippen LogP contribution in [-0.2, 0) is 11.2 Å². The van der Waals surface area contributed by atoms with Crippen LogP contribution in [0.4, 0.5) is 10.5 Å². The number of imide groups is 1. The second-order valence-electron chi connectivity index (χ2n) is 8.16. The Morgan fingerprint density at radius 2 is 1.72 bits per heavy atom. The molecule has 4 aromatic rings. The first-order chi connectivity index (χ1) is 15.7. The Balaban J connectivity index is 1.53. The Bertz CT molecular complexity index is 1360. The maximum atomic E-state index is 13.7. The summed E-state index contributed by atoms with van der Waals surface area (Å²) in [7, 11) is 1.57. The van der Waals surface area contributed by atoms with E-state index in [0.717, 1.165) is 27.7 Å². The molecule has 3 aromatic carbocycles. The molecule has 2 unspecified atom stereocenters. The minimum atomic E-state index is -0.564. The van der Waals surface area contributed by atoms with Gasteiger partial charge >= 0.3 is 6.03 Å². The van der Waals surface area contributed by atoms with Crippen molar-refractivity contribution in [3.05, 3.63) is 95.7 Å². The third-order valence-electron chi connectivity index (χ3n) is 6.48. The van der Waals surface area contributed by atoms with Crippen LogP contribution in [0.5, 0.6) is 5.75 Å². The van der Waals surface area contributed by atoms with Crippen LogP contribution in [-0.4, -0.2) is 35.0 Å². The van der Waals surface area contributed by atoms with E-state index < -0.39 is 6.04 Å². The van der Waals surface area contributed by atoms with E-state index in [9.17, 15) is 9.59 Å². The van der Waals surface area contributed by atoms with Gasteiger partial charge in [0.2, 0.25) is 0 Å². The van der Waals surface area contributed by atoms with Gasteiger partial charge in [-0.25, -0.2) is 9.69 Å². The number of carbonyl (C=O) groups is 2. The number of methoxy groups -OCH3 is 1. The Morgan fingerprint density at radius 3 is 2.53 bits per heavy atom. The summed E-state index contributed by atoms with van der Waals surface area (Å²) >= 11 is 0. The zero-order chi connectivity index (χ0) is 21.8. The number of fused-ring (bicyclic) bond motifs is 4. The quantitative estimate of drug-likeness (QED) is 0.488. The standard InChI is InChI=1S/C26H21N3O3/c1-32-18-11-7-10-17(14-18)28-25(30)22-15-20-19-12-5-6-13-21(19)27-23(20)24(29(22)26(28)31)16-8-3-2-4-9-16/h2-14,22,24,27H,15H2,1H3. The SMILES string of the molecule is COc1cccc(N2C(=O)C3Cc4c([nH]c5ccccc45)C(c4ccccc4)N3C2=O)c1. The molecule has 3 amide bonds. The number of nitrogens with one attached hydrogen (secondary N) is 1. The number of urea groups is 1. The maximum Gasteiger partial charge on any atom is 0.332 e. The molecule has 6 nitrogen and oxygen atoms in total. The molecule has 6 rings (SSSR count). The minimum Gasteiger partial charge on any atom is -0.497 e. The van der Waals surface area contributed by atoms with Gasteiger partial charge < -0.3 is 9.72 Å². The number of aromatic nitrogens is 1. The van der Waals surface area contributed by atoms with Gasteiger partial charge in [0, 0.05) is 29.1 Å². The lowest BCUT2D eigenvalue weighted by Crippen LogP contribution is -2.44. The number of benzene rings is 3. The molecule has 1 saturated heterocycles. The Hall–Kier alpha value is -4.06. The van der Waals surface area contributed by atoms with Crippen molar-refractivity contribution in [2.24, 2.45) is 0 Å². The number of amides is 3. The second kappa shape index (κ2) is 6.99. The molecule has 3 heterocycles.